The Bertz CT molecular complexity index is 292. The van der Waals surface area contributed by atoms with E-state index in [-0.39, 0.29) is 12.1 Å². The van der Waals surface area contributed by atoms with E-state index in [1.807, 2.05) is 0 Å². The molecule has 0 aromatic heterocycles. The lowest BCUT2D eigenvalue weighted by Crippen LogP contribution is -2.40. The molecule has 0 spiro atoms. The van der Waals surface area contributed by atoms with Crippen LogP contribution in [0.15, 0.2) is 0 Å². The highest BCUT2D eigenvalue weighted by atomic mass is 16.7. The fourth-order valence-corrected chi connectivity index (χ4v) is 3.69. The molecule has 4 heteroatoms. The minimum absolute atomic E-state index is 0.256. The predicted molar refractivity (Wildman–Crippen MR) is 84.3 cm³/mol. The second kappa shape index (κ2) is 8.47. The number of hydrogen-bond donors (Lipinski definition) is 2. The number of rotatable bonds is 9. The molecule has 0 amide bonds. The van der Waals surface area contributed by atoms with Crippen molar-refractivity contribution in [3.8, 4) is 0 Å². The van der Waals surface area contributed by atoms with Crippen LogP contribution < -0.4 is 5.32 Å². The molecule has 0 aromatic carbocycles. The topological polar surface area (TPSA) is 50.7 Å². The largest absolute Gasteiger partial charge is 0.392 e. The first kappa shape index (κ1) is 17.2. The first-order valence-electron chi connectivity index (χ1n) is 8.91. The second-order valence-electron chi connectivity index (χ2n) is 6.65. The zero-order chi connectivity index (χ0) is 15.1. The Hall–Kier alpha value is -0.160. The standard InChI is InChI=1S/C17H33NO3/c1-3-5-6-14-7-8-15(18-14)16(19)9-11-17(10-4-2)20-12-13-21-17/h14-16,18-19H,3-13H2,1-2H3/t14-,15+,16-/m0/s1. The van der Waals surface area contributed by atoms with Crippen LogP contribution in [-0.2, 0) is 9.47 Å². The van der Waals surface area contributed by atoms with Crippen LogP contribution in [0.5, 0.6) is 0 Å². The van der Waals surface area contributed by atoms with E-state index in [9.17, 15) is 5.11 Å². The molecule has 0 aromatic rings. The minimum atomic E-state index is -0.421. The average molecular weight is 299 g/mol. The van der Waals surface area contributed by atoms with Crippen molar-refractivity contribution in [1.82, 2.24) is 5.32 Å². The van der Waals surface area contributed by atoms with Crippen molar-refractivity contribution in [3.63, 3.8) is 0 Å². The Kier molecular flexibility index (Phi) is 6.93. The van der Waals surface area contributed by atoms with Crippen LogP contribution >= 0.6 is 0 Å². The molecule has 0 saturated carbocycles. The van der Waals surface area contributed by atoms with Gasteiger partial charge in [0.1, 0.15) is 0 Å². The maximum Gasteiger partial charge on any atom is 0.168 e. The van der Waals surface area contributed by atoms with Crippen LogP contribution in [0, 0.1) is 0 Å². The van der Waals surface area contributed by atoms with Gasteiger partial charge in [-0.05, 0) is 25.7 Å². The van der Waals surface area contributed by atoms with E-state index < -0.39 is 5.79 Å². The Morgan fingerprint density at radius 2 is 1.90 bits per heavy atom. The SMILES string of the molecule is CCCC[C@H]1CC[C@H]([C@@H](O)CCC2(CCC)OCCO2)N1. The first-order chi connectivity index (χ1) is 10.2. The van der Waals surface area contributed by atoms with Crippen molar-refractivity contribution in [2.45, 2.75) is 95.6 Å². The van der Waals surface area contributed by atoms with Gasteiger partial charge in [0, 0.05) is 24.9 Å². The summed E-state index contributed by atoms with van der Waals surface area (Å²) in [6.07, 6.45) is 9.34. The molecule has 0 bridgehead atoms. The van der Waals surface area contributed by atoms with Gasteiger partial charge in [-0.15, -0.1) is 0 Å². The molecule has 2 aliphatic heterocycles. The van der Waals surface area contributed by atoms with Crippen molar-refractivity contribution < 1.29 is 14.6 Å². The average Bonchev–Trinajstić information content (AvgIpc) is 3.13. The smallest absolute Gasteiger partial charge is 0.168 e. The van der Waals surface area contributed by atoms with E-state index >= 15 is 0 Å². The molecule has 124 valence electrons. The molecule has 2 N–H and O–H groups in total. The lowest BCUT2D eigenvalue weighted by molar-refractivity contribution is -0.171. The molecule has 21 heavy (non-hydrogen) atoms. The van der Waals surface area contributed by atoms with Crippen molar-refractivity contribution in [1.29, 1.82) is 0 Å². The third kappa shape index (κ3) is 4.92. The molecule has 2 rings (SSSR count). The normalized spacial score (nSPS) is 29.9. The number of ether oxygens (including phenoxy) is 2. The molecule has 0 aliphatic carbocycles. The van der Waals surface area contributed by atoms with Crippen molar-refractivity contribution in [3.05, 3.63) is 0 Å². The van der Waals surface area contributed by atoms with Crippen molar-refractivity contribution in [2.24, 2.45) is 0 Å². The van der Waals surface area contributed by atoms with E-state index in [0.29, 0.717) is 19.3 Å². The summed E-state index contributed by atoms with van der Waals surface area (Å²) in [5.74, 6) is -0.421. The fourth-order valence-electron chi connectivity index (χ4n) is 3.69. The minimum Gasteiger partial charge on any atom is -0.392 e. The number of aliphatic hydroxyl groups is 1. The van der Waals surface area contributed by atoms with Gasteiger partial charge in [-0.2, -0.15) is 0 Å². The lowest BCUT2D eigenvalue weighted by Gasteiger charge is -2.29. The zero-order valence-corrected chi connectivity index (χ0v) is 13.8. The molecule has 2 aliphatic rings. The highest BCUT2D eigenvalue weighted by Crippen LogP contribution is 2.31. The Morgan fingerprint density at radius 1 is 1.14 bits per heavy atom. The third-order valence-corrected chi connectivity index (χ3v) is 4.91. The maximum atomic E-state index is 10.5. The monoisotopic (exact) mass is 299 g/mol. The molecule has 2 fully saturated rings. The van der Waals surface area contributed by atoms with Crippen LogP contribution in [0.2, 0.25) is 0 Å². The number of unbranched alkanes of at least 4 members (excludes halogenated alkanes) is 1. The van der Waals surface area contributed by atoms with Gasteiger partial charge in [-0.25, -0.2) is 0 Å². The number of aliphatic hydroxyl groups excluding tert-OH is 1. The molecule has 3 atom stereocenters. The molecule has 0 radical (unpaired) electrons. The second-order valence-corrected chi connectivity index (χ2v) is 6.65. The summed E-state index contributed by atoms with van der Waals surface area (Å²) in [6.45, 7) is 5.77. The van der Waals surface area contributed by atoms with E-state index in [2.05, 4.69) is 19.2 Å². The van der Waals surface area contributed by atoms with E-state index in [1.54, 1.807) is 0 Å². The summed E-state index contributed by atoms with van der Waals surface area (Å²) in [5, 5.41) is 14.1. The summed E-state index contributed by atoms with van der Waals surface area (Å²) < 4.78 is 11.6. The molecule has 2 saturated heterocycles. The van der Waals surface area contributed by atoms with Gasteiger partial charge in [-0.3, -0.25) is 0 Å². The van der Waals surface area contributed by atoms with Crippen LogP contribution in [0.25, 0.3) is 0 Å². The van der Waals surface area contributed by atoms with Crippen LogP contribution in [-0.4, -0.2) is 42.3 Å². The van der Waals surface area contributed by atoms with Gasteiger partial charge in [0.15, 0.2) is 5.79 Å². The third-order valence-electron chi connectivity index (χ3n) is 4.91. The van der Waals surface area contributed by atoms with Gasteiger partial charge in [0.05, 0.1) is 19.3 Å². The number of nitrogens with one attached hydrogen (secondary N) is 1. The number of hydrogen-bond acceptors (Lipinski definition) is 4. The summed E-state index contributed by atoms with van der Waals surface area (Å²) in [7, 11) is 0. The maximum absolute atomic E-state index is 10.5. The van der Waals surface area contributed by atoms with Gasteiger partial charge in [-0.1, -0.05) is 33.1 Å². The van der Waals surface area contributed by atoms with Gasteiger partial charge < -0.3 is 19.9 Å². The van der Waals surface area contributed by atoms with Crippen LogP contribution in [0.3, 0.4) is 0 Å². The molecular weight excluding hydrogens is 266 g/mol. The highest BCUT2D eigenvalue weighted by Gasteiger charge is 2.37. The molecular formula is C17H33NO3. The van der Waals surface area contributed by atoms with E-state index in [4.69, 9.17) is 9.47 Å². The molecule has 0 unspecified atom stereocenters. The van der Waals surface area contributed by atoms with Crippen LogP contribution in [0.4, 0.5) is 0 Å². The predicted octanol–water partition coefficient (Wildman–Crippen LogP) is 2.98. The quantitative estimate of drug-likeness (QED) is 0.687. The Morgan fingerprint density at radius 3 is 2.57 bits per heavy atom. The molecule has 4 nitrogen and oxygen atoms in total. The zero-order valence-electron chi connectivity index (χ0n) is 13.8. The van der Waals surface area contributed by atoms with Gasteiger partial charge in [0.2, 0.25) is 0 Å². The summed E-state index contributed by atoms with van der Waals surface area (Å²) in [4.78, 5) is 0. The van der Waals surface area contributed by atoms with E-state index in [1.165, 1.54) is 25.7 Å². The van der Waals surface area contributed by atoms with Crippen molar-refractivity contribution >= 4 is 0 Å². The first-order valence-corrected chi connectivity index (χ1v) is 8.91. The van der Waals surface area contributed by atoms with Crippen molar-refractivity contribution in [2.75, 3.05) is 13.2 Å². The van der Waals surface area contributed by atoms with Gasteiger partial charge >= 0.3 is 0 Å². The summed E-state index contributed by atoms with van der Waals surface area (Å²) in [5.41, 5.74) is 0. The Balaban J connectivity index is 1.73. The van der Waals surface area contributed by atoms with E-state index in [0.717, 1.165) is 32.1 Å². The Labute approximate surface area is 129 Å². The highest BCUT2D eigenvalue weighted by molar-refractivity contribution is 4.89. The van der Waals surface area contributed by atoms with Crippen LogP contribution in [0.1, 0.15) is 71.6 Å². The lowest BCUT2D eigenvalue weighted by atomic mass is 9.98. The van der Waals surface area contributed by atoms with Gasteiger partial charge in [0.25, 0.3) is 0 Å². The summed E-state index contributed by atoms with van der Waals surface area (Å²) >= 11 is 0. The molecule has 2 heterocycles. The fraction of sp³-hybridized carbons (Fsp3) is 1.00. The summed E-state index contributed by atoms with van der Waals surface area (Å²) in [6, 6.07) is 0.861.